The van der Waals surface area contributed by atoms with E-state index in [1.54, 1.807) is 0 Å². The van der Waals surface area contributed by atoms with Crippen LogP contribution < -0.4 is 4.90 Å². The molecule has 0 saturated carbocycles. The minimum Gasteiger partial charge on any atom is -0.344 e. The van der Waals surface area contributed by atoms with Crippen molar-refractivity contribution in [3.63, 3.8) is 0 Å². The van der Waals surface area contributed by atoms with Crippen LogP contribution in [-0.2, 0) is 6.42 Å². The third-order valence-electron chi connectivity index (χ3n) is 5.29. The molecule has 0 amide bonds. The summed E-state index contributed by atoms with van der Waals surface area (Å²) in [5, 5.41) is 0. The van der Waals surface area contributed by atoms with Gasteiger partial charge >= 0.3 is 0 Å². The van der Waals surface area contributed by atoms with Gasteiger partial charge in [0.25, 0.3) is 0 Å². The van der Waals surface area contributed by atoms with E-state index in [1.807, 2.05) is 11.8 Å². The molecule has 2 aliphatic rings. The van der Waals surface area contributed by atoms with E-state index in [-0.39, 0.29) is 0 Å². The van der Waals surface area contributed by atoms with E-state index in [9.17, 15) is 0 Å². The molecule has 1 aliphatic carbocycles. The van der Waals surface area contributed by atoms with Gasteiger partial charge in [0.1, 0.15) is 0 Å². The molecule has 2 aromatic carbocycles. The van der Waals surface area contributed by atoms with Crippen LogP contribution in [0.3, 0.4) is 0 Å². The monoisotopic (exact) mass is 361 g/mol. The highest BCUT2D eigenvalue weighted by Gasteiger charge is 2.33. The minimum absolute atomic E-state index is 0.546. The van der Waals surface area contributed by atoms with E-state index < -0.39 is 0 Å². The summed E-state index contributed by atoms with van der Waals surface area (Å²) in [7, 11) is 0. The first kappa shape index (κ1) is 17.5. The van der Waals surface area contributed by atoms with Crippen LogP contribution in [0.2, 0.25) is 0 Å². The maximum absolute atomic E-state index is 2.53. The molecule has 1 atom stereocenters. The van der Waals surface area contributed by atoms with Crippen LogP contribution in [0.1, 0.15) is 49.3 Å². The molecule has 1 nitrogen and oxygen atoms in total. The van der Waals surface area contributed by atoms with Crippen molar-refractivity contribution in [1.82, 2.24) is 0 Å². The Morgan fingerprint density at radius 1 is 1.04 bits per heavy atom. The fourth-order valence-corrected chi connectivity index (χ4v) is 4.80. The van der Waals surface area contributed by atoms with Crippen molar-refractivity contribution in [3.05, 3.63) is 83.1 Å². The Labute approximate surface area is 161 Å². The molecule has 1 aliphatic heterocycles. The summed E-state index contributed by atoms with van der Waals surface area (Å²) < 4.78 is 0. The van der Waals surface area contributed by atoms with Crippen LogP contribution in [0.25, 0.3) is 0 Å². The van der Waals surface area contributed by atoms with Gasteiger partial charge in [-0.3, -0.25) is 0 Å². The van der Waals surface area contributed by atoms with Crippen LogP contribution in [0.15, 0.2) is 71.3 Å². The third-order valence-corrected chi connectivity index (χ3v) is 6.19. The van der Waals surface area contributed by atoms with Gasteiger partial charge < -0.3 is 4.90 Å². The van der Waals surface area contributed by atoms with Gasteiger partial charge in [0.2, 0.25) is 0 Å². The van der Waals surface area contributed by atoms with Crippen molar-refractivity contribution in [2.45, 2.75) is 43.9 Å². The lowest BCUT2D eigenvalue weighted by molar-refractivity contribution is 0.771. The predicted molar refractivity (Wildman–Crippen MR) is 114 cm³/mol. The Kier molecular flexibility index (Phi) is 5.21. The van der Waals surface area contributed by atoms with Crippen molar-refractivity contribution in [2.75, 3.05) is 17.2 Å². The summed E-state index contributed by atoms with van der Waals surface area (Å²) in [4.78, 5) is 3.90. The van der Waals surface area contributed by atoms with Crippen LogP contribution in [0.4, 0.5) is 5.69 Å². The Balaban J connectivity index is 1.59. The van der Waals surface area contributed by atoms with Crippen LogP contribution in [-0.4, -0.2) is 12.3 Å². The quantitative estimate of drug-likeness (QED) is 0.537. The number of rotatable bonds is 6. The average molecular weight is 362 g/mol. The molecule has 0 aromatic heterocycles. The number of nitrogens with zero attached hydrogens (tertiary/aromatic N) is 1. The predicted octanol–water partition coefficient (Wildman–Crippen LogP) is 6.55. The zero-order valence-corrected chi connectivity index (χ0v) is 16.6. The van der Waals surface area contributed by atoms with Gasteiger partial charge in [-0.05, 0) is 66.0 Å². The maximum Gasteiger partial charge on any atom is 0.0448 e. The Hall–Kier alpha value is -1.93. The van der Waals surface area contributed by atoms with E-state index in [0.717, 1.165) is 25.1 Å². The molecule has 0 spiro atoms. The summed E-state index contributed by atoms with van der Waals surface area (Å²) in [6.07, 6.45) is 10.2. The number of allylic oxidation sites excluding steroid dienone is 4. The molecule has 0 N–H and O–H groups in total. The first-order valence-electron chi connectivity index (χ1n) is 9.79. The van der Waals surface area contributed by atoms with E-state index >= 15 is 0 Å². The number of anilines is 1. The number of hydrogen-bond acceptors (Lipinski definition) is 2. The second kappa shape index (κ2) is 7.75. The fourth-order valence-electron chi connectivity index (χ4n) is 4.14. The molecule has 0 radical (unpaired) electrons. The largest absolute Gasteiger partial charge is 0.344 e. The van der Waals surface area contributed by atoms with Crippen LogP contribution in [0.5, 0.6) is 0 Å². The lowest BCUT2D eigenvalue weighted by Crippen LogP contribution is -2.21. The Morgan fingerprint density at radius 2 is 1.85 bits per heavy atom. The molecular weight excluding hydrogens is 334 g/mol. The molecular formula is C24H27NS. The molecule has 0 saturated heterocycles. The standard InChI is InChI=1S/C24H27NS/c1-3-15-25-23-8-6-5-7-21(23)22-17-19(11-14-24(22)25)16-18-9-12-20(13-10-18)26-4-2/h5-6,8-14,17,21H,3-4,7,15-16H2,1-2H3. The molecule has 0 bridgehead atoms. The summed E-state index contributed by atoms with van der Waals surface area (Å²) in [5.74, 6) is 1.68. The normalized spacial score (nSPS) is 17.8. The number of hydrogen-bond donors (Lipinski definition) is 0. The second-order valence-corrected chi connectivity index (χ2v) is 8.44. The minimum atomic E-state index is 0.546. The number of fused-ring (bicyclic) bond motifs is 3. The van der Waals surface area contributed by atoms with Crippen LogP contribution in [0, 0.1) is 0 Å². The van der Waals surface area contributed by atoms with Crippen molar-refractivity contribution in [2.24, 2.45) is 0 Å². The summed E-state index contributed by atoms with van der Waals surface area (Å²) >= 11 is 1.91. The lowest BCUT2D eigenvalue weighted by Gasteiger charge is -2.23. The van der Waals surface area contributed by atoms with Crippen molar-refractivity contribution < 1.29 is 0 Å². The molecule has 2 heteroatoms. The zero-order valence-electron chi connectivity index (χ0n) is 15.7. The molecule has 4 rings (SSSR count). The highest BCUT2D eigenvalue weighted by atomic mass is 32.2. The van der Waals surface area contributed by atoms with Gasteiger partial charge in [-0.2, -0.15) is 0 Å². The topological polar surface area (TPSA) is 3.24 Å². The average Bonchev–Trinajstić information content (AvgIpc) is 2.98. The summed E-state index contributed by atoms with van der Waals surface area (Å²) in [6.45, 7) is 5.58. The van der Waals surface area contributed by atoms with E-state index in [0.29, 0.717) is 5.92 Å². The summed E-state index contributed by atoms with van der Waals surface area (Å²) in [5.41, 5.74) is 7.25. The van der Waals surface area contributed by atoms with Crippen molar-refractivity contribution in [1.29, 1.82) is 0 Å². The summed E-state index contributed by atoms with van der Waals surface area (Å²) in [6, 6.07) is 16.2. The molecule has 1 unspecified atom stereocenters. The molecule has 0 fully saturated rings. The Bertz CT molecular complexity index is 832. The van der Waals surface area contributed by atoms with Gasteiger partial charge in [-0.15, -0.1) is 11.8 Å². The van der Waals surface area contributed by atoms with Crippen molar-refractivity contribution >= 4 is 17.4 Å². The van der Waals surface area contributed by atoms with E-state index in [4.69, 9.17) is 0 Å². The third kappa shape index (κ3) is 3.35. The molecule has 134 valence electrons. The highest BCUT2D eigenvalue weighted by Crippen LogP contribution is 2.47. The number of thioether (sulfide) groups is 1. The van der Waals surface area contributed by atoms with Gasteiger partial charge in [-0.1, -0.05) is 50.3 Å². The molecule has 1 heterocycles. The van der Waals surface area contributed by atoms with E-state index in [1.165, 1.54) is 39.4 Å². The van der Waals surface area contributed by atoms with Gasteiger partial charge in [0, 0.05) is 28.7 Å². The smallest absolute Gasteiger partial charge is 0.0448 e. The fraction of sp³-hybridized carbons (Fsp3) is 0.333. The first-order valence-corrected chi connectivity index (χ1v) is 10.8. The lowest BCUT2D eigenvalue weighted by atomic mass is 9.90. The van der Waals surface area contributed by atoms with Gasteiger partial charge in [0.05, 0.1) is 0 Å². The zero-order chi connectivity index (χ0) is 17.9. The first-order chi connectivity index (χ1) is 12.8. The van der Waals surface area contributed by atoms with Gasteiger partial charge in [0.15, 0.2) is 0 Å². The van der Waals surface area contributed by atoms with Gasteiger partial charge in [-0.25, -0.2) is 0 Å². The maximum atomic E-state index is 2.53. The van der Waals surface area contributed by atoms with Crippen LogP contribution >= 0.6 is 11.8 Å². The number of benzene rings is 2. The molecule has 26 heavy (non-hydrogen) atoms. The SMILES string of the molecule is CCCN1C2=CC=CCC2c2cc(Cc3ccc(SCC)cc3)ccc21. The Morgan fingerprint density at radius 3 is 2.62 bits per heavy atom. The van der Waals surface area contributed by atoms with E-state index in [2.05, 4.69) is 79.4 Å². The highest BCUT2D eigenvalue weighted by molar-refractivity contribution is 7.99. The second-order valence-electron chi connectivity index (χ2n) is 7.11. The molecule has 2 aromatic rings. The van der Waals surface area contributed by atoms with Crippen molar-refractivity contribution in [3.8, 4) is 0 Å².